The molecule has 6 heteroatoms. The molecule has 0 aromatic carbocycles. The minimum atomic E-state index is -0.294. The summed E-state index contributed by atoms with van der Waals surface area (Å²) in [6.07, 6.45) is 8.14. The number of fused-ring (bicyclic) bond motifs is 1. The lowest BCUT2D eigenvalue weighted by atomic mass is 9.92. The van der Waals surface area contributed by atoms with Crippen molar-refractivity contribution in [2.24, 2.45) is 0 Å². The fourth-order valence-corrected chi connectivity index (χ4v) is 3.45. The van der Waals surface area contributed by atoms with Gasteiger partial charge in [-0.15, -0.1) is 0 Å². The highest BCUT2D eigenvalue weighted by atomic mass is 16.3. The number of pyridine rings is 2. The number of aliphatic hydroxyl groups is 1. The van der Waals surface area contributed by atoms with Gasteiger partial charge in [0.15, 0.2) is 0 Å². The molecule has 2 N–H and O–H groups in total. The Balaban J connectivity index is 1.80. The number of amides is 1. The number of hydrogen-bond acceptors (Lipinski definition) is 4. The lowest BCUT2D eigenvalue weighted by Crippen LogP contribution is -2.32. The summed E-state index contributed by atoms with van der Waals surface area (Å²) in [6, 6.07) is 3.81. The first-order chi connectivity index (χ1) is 11.6. The van der Waals surface area contributed by atoms with Crippen LogP contribution < -0.4 is 10.7 Å². The Kier molecular flexibility index (Phi) is 3.84. The van der Waals surface area contributed by atoms with E-state index in [-0.39, 0.29) is 35.1 Å². The van der Waals surface area contributed by atoms with Crippen LogP contribution in [0.4, 0.5) is 0 Å². The van der Waals surface area contributed by atoms with Crippen LogP contribution >= 0.6 is 0 Å². The van der Waals surface area contributed by atoms with E-state index in [9.17, 15) is 14.7 Å². The van der Waals surface area contributed by atoms with E-state index in [1.54, 1.807) is 24.5 Å². The molecule has 6 nitrogen and oxygen atoms in total. The van der Waals surface area contributed by atoms with Gasteiger partial charge in [-0.25, -0.2) is 4.98 Å². The van der Waals surface area contributed by atoms with Gasteiger partial charge in [-0.3, -0.25) is 9.59 Å². The number of aliphatic hydroxyl groups excluding tert-OH is 1. The zero-order valence-electron chi connectivity index (χ0n) is 13.4. The molecule has 0 aliphatic heterocycles. The van der Waals surface area contributed by atoms with Crippen LogP contribution in [0.3, 0.4) is 0 Å². The maximum atomic E-state index is 12.7. The zero-order valence-corrected chi connectivity index (χ0v) is 13.4. The summed E-state index contributed by atoms with van der Waals surface area (Å²) in [5, 5.41) is 13.1. The third-order valence-electron chi connectivity index (χ3n) is 5.01. The van der Waals surface area contributed by atoms with Crippen molar-refractivity contribution in [2.45, 2.75) is 56.7 Å². The second-order valence-corrected chi connectivity index (χ2v) is 6.86. The fraction of sp³-hybridized carbons (Fsp3) is 0.500. The minimum Gasteiger partial charge on any atom is -0.393 e. The molecular formula is C18H21N3O3. The molecule has 4 rings (SSSR count). The van der Waals surface area contributed by atoms with Gasteiger partial charge >= 0.3 is 0 Å². The molecule has 0 spiro atoms. The molecule has 1 amide bonds. The Labute approximate surface area is 139 Å². The summed E-state index contributed by atoms with van der Waals surface area (Å²) in [5.74, 6) is -0.294. The summed E-state index contributed by atoms with van der Waals surface area (Å²) in [4.78, 5) is 29.5. The maximum absolute atomic E-state index is 12.7. The van der Waals surface area contributed by atoms with Crippen LogP contribution in [0, 0.1) is 0 Å². The monoisotopic (exact) mass is 327 g/mol. The summed E-state index contributed by atoms with van der Waals surface area (Å²) in [6.45, 7) is 0. The van der Waals surface area contributed by atoms with E-state index in [4.69, 9.17) is 0 Å². The predicted molar refractivity (Wildman–Crippen MR) is 90.0 cm³/mol. The molecule has 2 aromatic heterocycles. The highest BCUT2D eigenvalue weighted by molar-refractivity contribution is 5.97. The standard InChI is InChI=1S/C18H21N3O3/c22-13-7-5-12(6-8-13)21-10-15(18(24)20-11-3-4-11)16(23)14-2-1-9-19-17(14)21/h1-2,9-13,22H,3-8H2,(H,20,24)/t12-,13-. The Hall–Kier alpha value is -2.21. The zero-order chi connectivity index (χ0) is 16.7. The number of aromatic nitrogens is 2. The van der Waals surface area contributed by atoms with Crippen molar-refractivity contribution in [1.29, 1.82) is 0 Å². The van der Waals surface area contributed by atoms with Gasteiger partial charge in [0, 0.05) is 24.5 Å². The number of carbonyl (C=O) groups is 1. The summed E-state index contributed by atoms with van der Waals surface area (Å²) < 4.78 is 1.96. The van der Waals surface area contributed by atoms with Crippen molar-refractivity contribution in [3.63, 3.8) is 0 Å². The van der Waals surface area contributed by atoms with Crippen molar-refractivity contribution in [3.05, 3.63) is 40.3 Å². The van der Waals surface area contributed by atoms with Crippen LogP contribution in [0.25, 0.3) is 11.0 Å². The van der Waals surface area contributed by atoms with E-state index in [0.717, 1.165) is 38.5 Å². The van der Waals surface area contributed by atoms with Crippen LogP contribution in [0.15, 0.2) is 29.3 Å². The van der Waals surface area contributed by atoms with Gasteiger partial charge in [-0.2, -0.15) is 0 Å². The van der Waals surface area contributed by atoms with Crippen LogP contribution in [0.5, 0.6) is 0 Å². The van der Waals surface area contributed by atoms with E-state index in [1.165, 1.54) is 0 Å². The van der Waals surface area contributed by atoms with Crippen molar-refractivity contribution in [1.82, 2.24) is 14.9 Å². The van der Waals surface area contributed by atoms with Gasteiger partial charge in [-0.05, 0) is 50.7 Å². The Bertz CT molecular complexity index is 833. The second kappa shape index (κ2) is 6.02. The molecule has 0 saturated heterocycles. The summed E-state index contributed by atoms with van der Waals surface area (Å²) >= 11 is 0. The number of rotatable bonds is 3. The Morgan fingerprint density at radius 1 is 1.21 bits per heavy atom. The van der Waals surface area contributed by atoms with Crippen LogP contribution in [0.1, 0.15) is 54.9 Å². The second-order valence-electron chi connectivity index (χ2n) is 6.86. The highest BCUT2D eigenvalue weighted by Crippen LogP contribution is 2.30. The fourth-order valence-electron chi connectivity index (χ4n) is 3.45. The van der Waals surface area contributed by atoms with Crippen molar-refractivity contribution in [3.8, 4) is 0 Å². The first kappa shape index (κ1) is 15.3. The normalized spacial score (nSPS) is 24.0. The smallest absolute Gasteiger partial charge is 0.256 e. The van der Waals surface area contributed by atoms with Crippen LogP contribution in [0.2, 0.25) is 0 Å². The molecule has 0 bridgehead atoms. The molecule has 2 saturated carbocycles. The molecule has 0 unspecified atom stereocenters. The quantitative estimate of drug-likeness (QED) is 0.900. The van der Waals surface area contributed by atoms with E-state index >= 15 is 0 Å². The Morgan fingerprint density at radius 2 is 1.96 bits per heavy atom. The maximum Gasteiger partial charge on any atom is 0.256 e. The molecule has 2 heterocycles. The number of carbonyl (C=O) groups excluding carboxylic acids is 1. The van der Waals surface area contributed by atoms with Crippen LogP contribution in [-0.4, -0.2) is 32.7 Å². The number of nitrogens with zero attached hydrogens (tertiary/aromatic N) is 2. The highest BCUT2D eigenvalue weighted by Gasteiger charge is 2.27. The largest absolute Gasteiger partial charge is 0.393 e. The van der Waals surface area contributed by atoms with E-state index < -0.39 is 0 Å². The molecule has 2 aliphatic carbocycles. The van der Waals surface area contributed by atoms with Crippen molar-refractivity contribution < 1.29 is 9.90 Å². The number of nitrogens with one attached hydrogen (secondary N) is 1. The molecule has 2 fully saturated rings. The lowest BCUT2D eigenvalue weighted by molar-refractivity contribution is 0.0946. The SMILES string of the molecule is O=C(NC1CC1)c1cn([C@H]2CC[C@H](O)CC2)c2ncccc2c1=O. The first-order valence-corrected chi connectivity index (χ1v) is 8.62. The van der Waals surface area contributed by atoms with E-state index in [1.807, 2.05) is 4.57 Å². The average Bonchev–Trinajstić information content (AvgIpc) is 3.40. The molecule has 0 atom stereocenters. The number of hydrogen-bond donors (Lipinski definition) is 2. The molecule has 0 radical (unpaired) electrons. The molecule has 2 aromatic rings. The third-order valence-corrected chi connectivity index (χ3v) is 5.01. The molecular weight excluding hydrogens is 306 g/mol. The van der Waals surface area contributed by atoms with Gasteiger partial charge in [0.05, 0.1) is 11.5 Å². The van der Waals surface area contributed by atoms with Gasteiger partial charge in [0.1, 0.15) is 11.2 Å². The van der Waals surface area contributed by atoms with Gasteiger partial charge < -0.3 is 15.0 Å². The van der Waals surface area contributed by atoms with E-state index in [2.05, 4.69) is 10.3 Å². The summed E-state index contributed by atoms with van der Waals surface area (Å²) in [7, 11) is 0. The van der Waals surface area contributed by atoms with Crippen molar-refractivity contribution >= 4 is 16.9 Å². The van der Waals surface area contributed by atoms with E-state index in [0.29, 0.717) is 11.0 Å². The van der Waals surface area contributed by atoms with Gasteiger partial charge in [-0.1, -0.05) is 0 Å². The average molecular weight is 327 g/mol. The van der Waals surface area contributed by atoms with Gasteiger partial charge in [0.25, 0.3) is 5.91 Å². The topological polar surface area (TPSA) is 84.2 Å². The first-order valence-electron chi connectivity index (χ1n) is 8.62. The lowest BCUT2D eigenvalue weighted by Gasteiger charge is -2.28. The predicted octanol–water partition coefficient (Wildman–Crippen LogP) is 1.76. The molecule has 126 valence electrons. The van der Waals surface area contributed by atoms with Gasteiger partial charge in [0.2, 0.25) is 5.43 Å². The Morgan fingerprint density at radius 3 is 2.67 bits per heavy atom. The summed E-state index contributed by atoms with van der Waals surface area (Å²) in [5.41, 5.74) is 0.545. The minimum absolute atomic E-state index is 0.152. The molecule has 24 heavy (non-hydrogen) atoms. The van der Waals surface area contributed by atoms with Crippen molar-refractivity contribution in [2.75, 3.05) is 0 Å². The molecule has 2 aliphatic rings. The van der Waals surface area contributed by atoms with Crippen LogP contribution in [-0.2, 0) is 0 Å². The third kappa shape index (κ3) is 2.82.